The van der Waals surface area contributed by atoms with Crippen LogP contribution in [0.1, 0.15) is 15.6 Å². The van der Waals surface area contributed by atoms with Crippen molar-refractivity contribution in [2.75, 3.05) is 6.54 Å². The fourth-order valence-corrected chi connectivity index (χ4v) is 3.89. The van der Waals surface area contributed by atoms with E-state index in [-0.39, 0.29) is 5.82 Å². The molecule has 2 heterocycles. The first-order valence-corrected chi connectivity index (χ1v) is 7.68. The summed E-state index contributed by atoms with van der Waals surface area (Å²) in [4.78, 5) is 7.12. The Morgan fingerprint density at radius 2 is 2.17 bits per heavy atom. The van der Waals surface area contributed by atoms with Crippen LogP contribution in [0.5, 0.6) is 0 Å². The van der Waals surface area contributed by atoms with Gasteiger partial charge in [0, 0.05) is 29.3 Å². The van der Waals surface area contributed by atoms with Crippen LogP contribution >= 0.6 is 23.1 Å². The summed E-state index contributed by atoms with van der Waals surface area (Å²) in [6.45, 7) is 1.98. The molecule has 0 radical (unpaired) electrons. The SMILES string of the molecule is Fc1ccc(SCc2nc3c(s2)CNCC3)cc1. The average molecular weight is 280 g/mol. The van der Waals surface area contributed by atoms with Gasteiger partial charge in [0.25, 0.3) is 0 Å². The Morgan fingerprint density at radius 1 is 1.33 bits per heavy atom. The number of halogens is 1. The van der Waals surface area contributed by atoms with Crippen molar-refractivity contribution in [1.29, 1.82) is 0 Å². The summed E-state index contributed by atoms with van der Waals surface area (Å²) < 4.78 is 12.8. The lowest BCUT2D eigenvalue weighted by atomic mass is 10.2. The van der Waals surface area contributed by atoms with Gasteiger partial charge in [-0.15, -0.1) is 23.1 Å². The number of thioether (sulfide) groups is 1. The highest BCUT2D eigenvalue weighted by atomic mass is 32.2. The molecule has 0 fully saturated rings. The molecule has 1 aliphatic heterocycles. The van der Waals surface area contributed by atoms with E-state index in [1.165, 1.54) is 22.7 Å². The Morgan fingerprint density at radius 3 is 2.94 bits per heavy atom. The molecular formula is C13H13FN2S2. The number of aromatic nitrogens is 1. The summed E-state index contributed by atoms with van der Waals surface area (Å²) in [5.41, 5.74) is 1.26. The van der Waals surface area contributed by atoms with Crippen molar-refractivity contribution in [3.05, 3.63) is 45.7 Å². The van der Waals surface area contributed by atoms with Gasteiger partial charge in [-0.2, -0.15) is 0 Å². The highest BCUT2D eigenvalue weighted by Gasteiger charge is 2.14. The average Bonchev–Trinajstić information content (AvgIpc) is 2.81. The lowest BCUT2D eigenvalue weighted by Gasteiger charge is -2.09. The van der Waals surface area contributed by atoms with Gasteiger partial charge in [-0.25, -0.2) is 9.37 Å². The van der Waals surface area contributed by atoms with E-state index in [1.807, 2.05) is 12.1 Å². The van der Waals surface area contributed by atoms with Gasteiger partial charge in [-0.3, -0.25) is 0 Å². The third-order valence-electron chi connectivity index (χ3n) is 2.82. The number of rotatable bonds is 3. The maximum absolute atomic E-state index is 12.8. The predicted molar refractivity (Wildman–Crippen MR) is 73.5 cm³/mol. The molecule has 2 aromatic rings. The molecule has 0 saturated heterocycles. The molecule has 0 aliphatic carbocycles. The molecule has 0 bridgehead atoms. The van der Waals surface area contributed by atoms with Crippen LogP contribution in [0.15, 0.2) is 29.2 Å². The van der Waals surface area contributed by atoms with Gasteiger partial charge >= 0.3 is 0 Å². The summed E-state index contributed by atoms with van der Waals surface area (Å²) in [7, 11) is 0. The number of fused-ring (bicyclic) bond motifs is 1. The van der Waals surface area contributed by atoms with Crippen molar-refractivity contribution in [2.45, 2.75) is 23.6 Å². The zero-order valence-corrected chi connectivity index (χ0v) is 11.4. The van der Waals surface area contributed by atoms with Crippen molar-refractivity contribution < 1.29 is 4.39 Å². The first-order valence-electron chi connectivity index (χ1n) is 5.88. The van der Waals surface area contributed by atoms with Crippen LogP contribution in [0.2, 0.25) is 0 Å². The number of hydrogen-bond donors (Lipinski definition) is 1. The monoisotopic (exact) mass is 280 g/mol. The van der Waals surface area contributed by atoms with Gasteiger partial charge in [0.2, 0.25) is 0 Å². The van der Waals surface area contributed by atoms with Crippen molar-refractivity contribution in [3.8, 4) is 0 Å². The molecule has 1 aliphatic rings. The summed E-state index contributed by atoms with van der Waals surface area (Å²) >= 11 is 3.50. The molecule has 0 saturated carbocycles. The van der Waals surface area contributed by atoms with E-state index in [4.69, 9.17) is 0 Å². The maximum atomic E-state index is 12.8. The standard InChI is InChI=1S/C13H13FN2S2/c14-9-1-3-10(4-2-9)17-8-13-16-11-5-6-15-7-12(11)18-13/h1-4,15H,5-8H2. The van der Waals surface area contributed by atoms with Crippen molar-refractivity contribution in [1.82, 2.24) is 10.3 Å². The topological polar surface area (TPSA) is 24.9 Å². The summed E-state index contributed by atoms with van der Waals surface area (Å²) in [5, 5.41) is 4.52. The molecule has 3 rings (SSSR count). The van der Waals surface area contributed by atoms with Crippen molar-refractivity contribution >= 4 is 23.1 Å². The Hall–Kier alpha value is -0.910. The minimum absolute atomic E-state index is 0.185. The molecule has 0 unspecified atom stereocenters. The molecule has 1 aromatic carbocycles. The van der Waals surface area contributed by atoms with Crippen LogP contribution in [0.4, 0.5) is 4.39 Å². The van der Waals surface area contributed by atoms with Gasteiger partial charge in [-0.05, 0) is 24.3 Å². The van der Waals surface area contributed by atoms with Crippen LogP contribution in [0.25, 0.3) is 0 Å². The van der Waals surface area contributed by atoms with Gasteiger partial charge in [0.05, 0.1) is 11.4 Å². The molecular weight excluding hydrogens is 267 g/mol. The molecule has 1 aromatic heterocycles. The third-order valence-corrected chi connectivity index (χ3v) is 5.13. The van der Waals surface area contributed by atoms with Crippen LogP contribution in [0.3, 0.4) is 0 Å². The zero-order chi connectivity index (χ0) is 12.4. The highest BCUT2D eigenvalue weighted by molar-refractivity contribution is 7.98. The maximum Gasteiger partial charge on any atom is 0.123 e. The van der Waals surface area contributed by atoms with E-state index in [9.17, 15) is 4.39 Å². The minimum atomic E-state index is -0.185. The second kappa shape index (κ2) is 5.38. The minimum Gasteiger partial charge on any atom is -0.311 e. The molecule has 94 valence electrons. The summed E-state index contributed by atoms with van der Waals surface area (Å²) in [6.07, 6.45) is 1.03. The number of thiazole rings is 1. The largest absolute Gasteiger partial charge is 0.311 e. The summed E-state index contributed by atoms with van der Waals surface area (Å²) in [5.74, 6) is 0.679. The second-order valence-electron chi connectivity index (χ2n) is 4.15. The lowest BCUT2D eigenvalue weighted by Crippen LogP contribution is -2.22. The number of hydrogen-bond acceptors (Lipinski definition) is 4. The predicted octanol–water partition coefficient (Wildman–Crippen LogP) is 3.22. The zero-order valence-electron chi connectivity index (χ0n) is 9.78. The molecule has 2 nitrogen and oxygen atoms in total. The smallest absolute Gasteiger partial charge is 0.123 e. The van der Waals surface area contributed by atoms with Crippen molar-refractivity contribution in [3.63, 3.8) is 0 Å². The van der Waals surface area contributed by atoms with E-state index in [1.54, 1.807) is 23.1 Å². The van der Waals surface area contributed by atoms with E-state index < -0.39 is 0 Å². The van der Waals surface area contributed by atoms with Crippen LogP contribution in [-0.4, -0.2) is 11.5 Å². The van der Waals surface area contributed by atoms with Crippen LogP contribution in [0, 0.1) is 5.82 Å². The fraction of sp³-hybridized carbons (Fsp3) is 0.308. The highest BCUT2D eigenvalue weighted by Crippen LogP contribution is 2.28. The molecule has 5 heteroatoms. The summed E-state index contributed by atoms with van der Waals surface area (Å²) in [6, 6.07) is 6.63. The quantitative estimate of drug-likeness (QED) is 0.874. The van der Waals surface area contributed by atoms with Gasteiger partial charge in [-0.1, -0.05) is 0 Å². The molecule has 1 N–H and O–H groups in total. The van der Waals surface area contributed by atoms with E-state index in [0.29, 0.717) is 0 Å². The number of nitrogens with one attached hydrogen (secondary N) is 1. The van der Waals surface area contributed by atoms with Crippen LogP contribution < -0.4 is 5.32 Å². The molecule has 18 heavy (non-hydrogen) atoms. The van der Waals surface area contributed by atoms with Crippen molar-refractivity contribution in [2.24, 2.45) is 0 Å². The third kappa shape index (κ3) is 2.74. The normalized spacial score (nSPS) is 14.5. The first kappa shape index (κ1) is 12.1. The molecule has 0 amide bonds. The second-order valence-corrected chi connectivity index (χ2v) is 6.36. The Labute approximate surface area is 114 Å². The first-order chi connectivity index (χ1) is 8.81. The van der Waals surface area contributed by atoms with Gasteiger partial charge < -0.3 is 5.32 Å². The van der Waals surface area contributed by atoms with Gasteiger partial charge in [0.1, 0.15) is 10.8 Å². The fourth-order valence-electron chi connectivity index (χ4n) is 1.92. The Bertz CT molecular complexity index is 513. The lowest BCUT2D eigenvalue weighted by molar-refractivity contribution is 0.626. The molecule has 0 spiro atoms. The van der Waals surface area contributed by atoms with E-state index in [0.717, 1.165) is 35.2 Å². The molecule has 0 atom stereocenters. The van der Waals surface area contributed by atoms with E-state index >= 15 is 0 Å². The number of nitrogens with zero attached hydrogens (tertiary/aromatic N) is 1. The Kier molecular flexibility index (Phi) is 3.63. The van der Waals surface area contributed by atoms with Gasteiger partial charge in [0.15, 0.2) is 0 Å². The van der Waals surface area contributed by atoms with Crippen LogP contribution in [-0.2, 0) is 18.7 Å². The van der Waals surface area contributed by atoms with E-state index in [2.05, 4.69) is 10.3 Å². The Balaban J connectivity index is 1.66. The number of benzene rings is 1.